The molecule has 0 aliphatic heterocycles. The molecule has 19 heavy (non-hydrogen) atoms. The molecule has 0 aliphatic rings. The molecule has 0 saturated heterocycles. The minimum atomic E-state index is 0.339. The number of aryl methyl sites for hydroxylation is 1. The normalized spacial score (nSPS) is 10.7. The van der Waals surface area contributed by atoms with Crippen LogP contribution in [0.15, 0.2) is 22.8 Å². The molecule has 0 unspecified atom stereocenters. The van der Waals surface area contributed by atoms with E-state index >= 15 is 0 Å². The molecular formula is C13H16ClN3O2. The molecule has 0 spiro atoms. The number of hydrogen-bond donors (Lipinski definition) is 0. The van der Waals surface area contributed by atoms with E-state index in [4.69, 9.17) is 20.8 Å². The molecule has 102 valence electrons. The summed E-state index contributed by atoms with van der Waals surface area (Å²) in [4.78, 5) is 10.5. The summed E-state index contributed by atoms with van der Waals surface area (Å²) in [5.41, 5.74) is 1.12. The third-order valence-electron chi connectivity index (χ3n) is 2.77. The Kier molecular flexibility index (Phi) is 4.39. The smallest absolute Gasteiger partial charge is 0.158 e. The Labute approximate surface area is 117 Å². The van der Waals surface area contributed by atoms with Gasteiger partial charge in [0.2, 0.25) is 0 Å². The van der Waals surface area contributed by atoms with Crippen molar-refractivity contribution in [2.45, 2.75) is 20.1 Å². The van der Waals surface area contributed by atoms with Crippen molar-refractivity contribution in [3.8, 4) is 0 Å². The van der Waals surface area contributed by atoms with Crippen LogP contribution in [0.25, 0.3) is 0 Å². The minimum absolute atomic E-state index is 0.339. The fraction of sp³-hybridized carbons (Fsp3) is 0.385. The number of aromatic nitrogens is 2. The first-order valence-electron chi connectivity index (χ1n) is 5.86. The molecule has 6 heteroatoms. The number of rotatable bonds is 5. The quantitative estimate of drug-likeness (QED) is 0.789. The van der Waals surface area contributed by atoms with Crippen molar-refractivity contribution in [2.75, 3.05) is 19.1 Å². The van der Waals surface area contributed by atoms with Gasteiger partial charge in [0, 0.05) is 32.3 Å². The first-order chi connectivity index (χ1) is 9.10. The van der Waals surface area contributed by atoms with Gasteiger partial charge in [-0.15, -0.1) is 0 Å². The van der Waals surface area contributed by atoms with E-state index in [1.165, 1.54) is 0 Å². The first-order valence-corrected chi connectivity index (χ1v) is 6.24. The molecule has 0 aliphatic carbocycles. The lowest BCUT2D eigenvalue weighted by molar-refractivity contribution is 0.178. The fourth-order valence-electron chi connectivity index (χ4n) is 1.75. The summed E-state index contributed by atoms with van der Waals surface area (Å²) in [6.07, 6.45) is 1.68. The maximum atomic E-state index is 5.99. The zero-order valence-electron chi connectivity index (χ0n) is 11.2. The van der Waals surface area contributed by atoms with Crippen LogP contribution in [0, 0.1) is 6.92 Å². The van der Waals surface area contributed by atoms with E-state index in [9.17, 15) is 0 Å². The third-order valence-corrected chi connectivity index (χ3v) is 2.96. The molecule has 0 amide bonds. The molecule has 5 nitrogen and oxygen atoms in total. The maximum Gasteiger partial charge on any atom is 0.158 e. The molecule has 2 rings (SSSR count). The molecule has 0 saturated carbocycles. The zero-order valence-corrected chi connectivity index (χ0v) is 11.9. The van der Waals surface area contributed by atoms with Crippen molar-refractivity contribution >= 4 is 17.4 Å². The molecule has 0 radical (unpaired) electrons. The largest absolute Gasteiger partial charge is 0.469 e. The van der Waals surface area contributed by atoms with Crippen LogP contribution in [0.1, 0.15) is 17.1 Å². The summed E-state index contributed by atoms with van der Waals surface area (Å²) < 4.78 is 10.3. The number of hydrogen-bond acceptors (Lipinski definition) is 5. The minimum Gasteiger partial charge on any atom is -0.469 e. The van der Waals surface area contributed by atoms with Crippen LogP contribution >= 0.6 is 11.6 Å². The predicted octanol–water partition coefficient (Wildman–Crippen LogP) is 2.81. The van der Waals surface area contributed by atoms with Gasteiger partial charge in [-0.05, 0) is 13.0 Å². The van der Waals surface area contributed by atoms with Crippen LogP contribution in [-0.4, -0.2) is 24.1 Å². The Morgan fingerprint density at radius 1 is 1.42 bits per heavy atom. The lowest BCUT2D eigenvalue weighted by Crippen LogP contribution is -2.19. The Hall–Kier alpha value is -1.59. The molecule has 2 aromatic rings. The molecule has 0 atom stereocenters. The van der Waals surface area contributed by atoms with E-state index in [-0.39, 0.29) is 0 Å². The highest BCUT2D eigenvalue weighted by molar-refractivity contribution is 6.29. The molecule has 0 bridgehead atoms. The Morgan fingerprint density at radius 3 is 2.84 bits per heavy atom. The van der Waals surface area contributed by atoms with Gasteiger partial charge >= 0.3 is 0 Å². The molecule has 2 aromatic heterocycles. The van der Waals surface area contributed by atoms with Gasteiger partial charge < -0.3 is 14.1 Å². The second kappa shape index (κ2) is 6.04. The average molecular weight is 282 g/mol. The van der Waals surface area contributed by atoms with Gasteiger partial charge in [-0.3, -0.25) is 0 Å². The van der Waals surface area contributed by atoms with Crippen molar-refractivity contribution in [1.82, 2.24) is 9.97 Å². The molecule has 0 fully saturated rings. The van der Waals surface area contributed by atoms with Crippen molar-refractivity contribution in [3.63, 3.8) is 0 Å². The standard InChI is InChI=1S/C13H16ClN3O2/c1-9-10(4-5-19-9)7-17(2)13-6-11(14)15-12(16-13)8-18-3/h4-6H,7-8H2,1-3H3. The van der Waals surface area contributed by atoms with Crippen molar-refractivity contribution in [1.29, 1.82) is 0 Å². The first kappa shape index (κ1) is 13.8. The number of methoxy groups -OCH3 is 1. The van der Waals surface area contributed by atoms with Gasteiger partial charge in [-0.2, -0.15) is 0 Å². The summed E-state index contributed by atoms with van der Waals surface area (Å²) in [6, 6.07) is 3.68. The number of furan rings is 1. The van der Waals surface area contributed by atoms with E-state index in [1.807, 2.05) is 24.9 Å². The van der Waals surface area contributed by atoms with Gasteiger partial charge in [0.1, 0.15) is 23.3 Å². The highest BCUT2D eigenvalue weighted by Gasteiger charge is 2.10. The summed E-state index contributed by atoms with van der Waals surface area (Å²) in [7, 11) is 3.55. The summed E-state index contributed by atoms with van der Waals surface area (Å²) in [5, 5.41) is 0.410. The second-order valence-corrected chi connectivity index (χ2v) is 4.64. The average Bonchev–Trinajstić information content (AvgIpc) is 2.75. The third kappa shape index (κ3) is 3.45. The van der Waals surface area contributed by atoms with Crippen LogP contribution in [0.3, 0.4) is 0 Å². The molecule has 0 aromatic carbocycles. The number of ether oxygens (including phenoxy) is 1. The Balaban J connectivity index is 2.18. The van der Waals surface area contributed by atoms with E-state index in [2.05, 4.69) is 9.97 Å². The van der Waals surface area contributed by atoms with E-state index < -0.39 is 0 Å². The van der Waals surface area contributed by atoms with Crippen LogP contribution in [0.5, 0.6) is 0 Å². The second-order valence-electron chi connectivity index (χ2n) is 4.26. The van der Waals surface area contributed by atoms with Crippen molar-refractivity contribution < 1.29 is 9.15 Å². The van der Waals surface area contributed by atoms with Gasteiger partial charge in [0.25, 0.3) is 0 Å². The molecule has 2 heterocycles. The topological polar surface area (TPSA) is 51.4 Å². The highest BCUT2D eigenvalue weighted by Crippen LogP contribution is 2.19. The number of anilines is 1. The predicted molar refractivity (Wildman–Crippen MR) is 73.3 cm³/mol. The molecular weight excluding hydrogens is 266 g/mol. The van der Waals surface area contributed by atoms with Crippen molar-refractivity contribution in [3.05, 3.63) is 40.7 Å². The van der Waals surface area contributed by atoms with E-state index in [0.29, 0.717) is 24.1 Å². The lowest BCUT2D eigenvalue weighted by Gasteiger charge is -2.18. The fourth-order valence-corrected chi connectivity index (χ4v) is 1.95. The van der Waals surface area contributed by atoms with Gasteiger partial charge in [0.15, 0.2) is 5.82 Å². The van der Waals surface area contributed by atoms with Crippen LogP contribution in [0.4, 0.5) is 5.82 Å². The number of nitrogens with zero attached hydrogens (tertiary/aromatic N) is 3. The summed E-state index contributed by atoms with van der Waals surface area (Å²) in [5.74, 6) is 2.23. The Bertz CT molecular complexity index is 557. The zero-order chi connectivity index (χ0) is 13.8. The lowest BCUT2D eigenvalue weighted by atomic mass is 10.2. The number of halogens is 1. The summed E-state index contributed by atoms with van der Waals surface area (Å²) in [6.45, 7) is 2.97. The molecule has 0 N–H and O–H groups in total. The monoisotopic (exact) mass is 281 g/mol. The SMILES string of the molecule is COCc1nc(Cl)cc(N(C)Cc2ccoc2C)n1. The summed E-state index contributed by atoms with van der Waals surface area (Å²) >= 11 is 5.99. The van der Waals surface area contributed by atoms with E-state index in [0.717, 1.165) is 17.1 Å². The van der Waals surface area contributed by atoms with Crippen molar-refractivity contribution in [2.24, 2.45) is 0 Å². The van der Waals surface area contributed by atoms with E-state index in [1.54, 1.807) is 19.4 Å². The Morgan fingerprint density at radius 2 is 2.21 bits per heavy atom. The highest BCUT2D eigenvalue weighted by atomic mass is 35.5. The maximum absolute atomic E-state index is 5.99. The van der Waals surface area contributed by atoms with Gasteiger partial charge in [-0.1, -0.05) is 11.6 Å². The van der Waals surface area contributed by atoms with Crippen LogP contribution in [-0.2, 0) is 17.9 Å². The van der Waals surface area contributed by atoms with Gasteiger partial charge in [0.05, 0.1) is 6.26 Å². The van der Waals surface area contributed by atoms with Crippen LogP contribution in [0.2, 0.25) is 5.15 Å². The van der Waals surface area contributed by atoms with Gasteiger partial charge in [-0.25, -0.2) is 9.97 Å². The van der Waals surface area contributed by atoms with Crippen LogP contribution < -0.4 is 4.90 Å².